The molecule has 0 aliphatic heterocycles. The van der Waals surface area contributed by atoms with Crippen molar-refractivity contribution in [2.75, 3.05) is 26.8 Å². The molecule has 4 heteroatoms. The van der Waals surface area contributed by atoms with Gasteiger partial charge >= 0.3 is 0 Å². The lowest BCUT2D eigenvalue weighted by Gasteiger charge is -2.39. The molecule has 4 nitrogen and oxygen atoms in total. The summed E-state index contributed by atoms with van der Waals surface area (Å²) < 4.78 is 5.40. The Morgan fingerprint density at radius 1 is 1.41 bits per heavy atom. The van der Waals surface area contributed by atoms with Crippen molar-refractivity contribution in [3.05, 3.63) is 0 Å². The minimum atomic E-state index is -0.273. The summed E-state index contributed by atoms with van der Waals surface area (Å²) in [5.41, 5.74) is 5.88. The Balaban J connectivity index is 2.35. The Bertz CT molecular complexity index is 217. The van der Waals surface area contributed by atoms with E-state index in [1.165, 1.54) is 19.3 Å². The second kappa shape index (κ2) is 6.69. The summed E-state index contributed by atoms with van der Waals surface area (Å²) >= 11 is 0. The maximum atomic E-state index is 9.08. The topological polar surface area (TPSA) is 58.7 Å². The Hall–Kier alpha value is -0.160. The van der Waals surface area contributed by atoms with Crippen LogP contribution in [0, 0.1) is 0 Å². The molecule has 0 aromatic heterocycles. The molecule has 0 amide bonds. The standard InChI is InChI=1S/C13H28N2O2/c1-13(2,17-3)12(14)7-8-15(9-10-16)11-5-4-6-11/h11-12,16H,4-10,14H2,1-3H3. The maximum Gasteiger partial charge on any atom is 0.0773 e. The van der Waals surface area contributed by atoms with Crippen LogP contribution >= 0.6 is 0 Å². The first-order chi connectivity index (χ1) is 8.01. The zero-order valence-corrected chi connectivity index (χ0v) is 11.5. The number of nitrogens with two attached hydrogens (primary N) is 1. The van der Waals surface area contributed by atoms with Crippen molar-refractivity contribution in [2.45, 2.75) is 57.2 Å². The molecule has 1 saturated carbocycles. The number of ether oxygens (including phenoxy) is 1. The molecule has 1 aliphatic rings. The van der Waals surface area contributed by atoms with Crippen molar-refractivity contribution in [2.24, 2.45) is 5.73 Å². The highest BCUT2D eigenvalue weighted by Crippen LogP contribution is 2.25. The lowest BCUT2D eigenvalue weighted by molar-refractivity contribution is -0.00678. The molecule has 0 aromatic rings. The Kier molecular flexibility index (Phi) is 5.86. The molecule has 1 atom stereocenters. The predicted octanol–water partition coefficient (Wildman–Crippen LogP) is 0.976. The second-order valence-electron chi connectivity index (χ2n) is 5.55. The number of aliphatic hydroxyl groups excluding tert-OH is 1. The Morgan fingerprint density at radius 3 is 2.47 bits per heavy atom. The van der Waals surface area contributed by atoms with Crippen LogP contribution in [-0.2, 0) is 4.74 Å². The van der Waals surface area contributed by atoms with Gasteiger partial charge in [0.15, 0.2) is 0 Å². The normalized spacial score (nSPS) is 19.4. The van der Waals surface area contributed by atoms with Gasteiger partial charge in [0.25, 0.3) is 0 Å². The summed E-state index contributed by atoms with van der Waals surface area (Å²) in [6.07, 6.45) is 4.77. The largest absolute Gasteiger partial charge is 0.395 e. The second-order valence-corrected chi connectivity index (χ2v) is 5.55. The van der Waals surface area contributed by atoms with E-state index in [-0.39, 0.29) is 18.2 Å². The van der Waals surface area contributed by atoms with E-state index < -0.39 is 0 Å². The molecule has 1 fully saturated rings. The molecule has 0 aromatic carbocycles. The van der Waals surface area contributed by atoms with E-state index in [9.17, 15) is 0 Å². The molecule has 0 heterocycles. The number of nitrogens with zero attached hydrogens (tertiary/aromatic N) is 1. The quantitative estimate of drug-likeness (QED) is 0.668. The van der Waals surface area contributed by atoms with Gasteiger partial charge in [-0.3, -0.25) is 4.90 Å². The third-order valence-corrected chi connectivity index (χ3v) is 4.12. The van der Waals surface area contributed by atoms with Gasteiger partial charge in [0.1, 0.15) is 0 Å². The molecule has 0 saturated heterocycles. The predicted molar refractivity (Wildman–Crippen MR) is 70.0 cm³/mol. The molecule has 1 aliphatic carbocycles. The van der Waals surface area contributed by atoms with Crippen molar-refractivity contribution in [3.8, 4) is 0 Å². The monoisotopic (exact) mass is 244 g/mol. The van der Waals surface area contributed by atoms with Crippen LogP contribution in [0.5, 0.6) is 0 Å². The number of hydrogen-bond acceptors (Lipinski definition) is 4. The smallest absolute Gasteiger partial charge is 0.0773 e. The summed E-state index contributed by atoms with van der Waals surface area (Å²) in [4.78, 5) is 2.37. The highest BCUT2D eigenvalue weighted by Gasteiger charge is 2.29. The van der Waals surface area contributed by atoms with Crippen LogP contribution in [0.3, 0.4) is 0 Å². The molecule has 0 bridgehead atoms. The van der Waals surface area contributed by atoms with Gasteiger partial charge in [-0.25, -0.2) is 0 Å². The highest BCUT2D eigenvalue weighted by atomic mass is 16.5. The van der Waals surface area contributed by atoms with Gasteiger partial charge in [-0.15, -0.1) is 0 Å². The fourth-order valence-electron chi connectivity index (χ4n) is 2.16. The first kappa shape index (κ1) is 14.9. The highest BCUT2D eigenvalue weighted by molar-refractivity contribution is 4.85. The summed E-state index contributed by atoms with van der Waals surface area (Å²) in [5, 5.41) is 9.08. The van der Waals surface area contributed by atoms with E-state index in [0.717, 1.165) is 19.5 Å². The maximum absolute atomic E-state index is 9.08. The van der Waals surface area contributed by atoms with E-state index in [2.05, 4.69) is 4.90 Å². The van der Waals surface area contributed by atoms with Gasteiger partial charge in [0.2, 0.25) is 0 Å². The SMILES string of the molecule is COC(C)(C)C(N)CCN(CCO)C1CCC1. The van der Waals surface area contributed by atoms with Crippen LogP contribution < -0.4 is 5.73 Å². The van der Waals surface area contributed by atoms with Crippen LogP contribution in [-0.4, -0.2) is 54.5 Å². The fraction of sp³-hybridized carbons (Fsp3) is 1.00. The van der Waals surface area contributed by atoms with Gasteiger partial charge in [0.05, 0.1) is 12.2 Å². The molecule has 102 valence electrons. The van der Waals surface area contributed by atoms with Gasteiger partial charge in [-0.1, -0.05) is 6.42 Å². The fourth-order valence-corrected chi connectivity index (χ4v) is 2.16. The van der Waals surface area contributed by atoms with Crippen LogP contribution in [0.25, 0.3) is 0 Å². The van der Waals surface area contributed by atoms with Crippen LogP contribution in [0.15, 0.2) is 0 Å². The molecule has 0 radical (unpaired) electrons. The molecule has 3 N–H and O–H groups in total. The summed E-state index contributed by atoms with van der Waals surface area (Å²) in [6, 6.07) is 0.703. The molecular weight excluding hydrogens is 216 g/mol. The third-order valence-electron chi connectivity index (χ3n) is 4.12. The van der Waals surface area contributed by atoms with Gasteiger partial charge in [-0.2, -0.15) is 0 Å². The minimum Gasteiger partial charge on any atom is -0.395 e. The lowest BCUT2D eigenvalue weighted by atomic mass is 9.90. The lowest BCUT2D eigenvalue weighted by Crippen LogP contribution is -2.49. The molecule has 17 heavy (non-hydrogen) atoms. The van der Waals surface area contributed by atoms with Crippen molar-refractivity contribution < 1.29 is 9.84 Å². The van der Waals surface area contributed by atoms with Gasteiger partial charge in [0, 0.05) is 32.3 Å². The van der Waals surface area contributed by atoms with Crippen molar-refractivity contribution >= 4 is 0 Å². The summed E-state index contributed by atoms with van der Waals surface area (Å²) in [5.74, 6) is 0. The molecule has 0 spiro atoms. The average molecular weight is 244 g/mol. The van der Waals surface area contributed by atoms with Crippen LogP contribution in [0.2, 0.25) is 0 Å². The molecule has 1 rings (SSSR count). The van der Waals surface area contributed by atoms with E-state index in [1.54, 1.807) is 7.11 Å². The number of aliphatic hydroxyl groups is 1. The van der Waals surface area contributed by atoms with Crippen molar-refractivity contribution in [3.63, 3.8) is 0 Å². The first-order valence-corrected chi connectivity index (χ1v) is 6.67. The minimum absolute atomic E-state index is 0.0359. The zero-order valence-electron chi connectivity index (χ0n) is 11.5. The molecule has 1 unspecified atom stereocenters. The number of hydrogen-bond donors (Lipinski definition) is 2. The Morgan fingerprint density at radius 2 is 2.06 bits per heavy atom. The van der Waals surface area contributed by atoms with Crippen LogP contribution in [0.4, 0.5) is 0 Å². The average Bonchev–Trinajstić information content (AvgIpc) is 2.23. The summed E-state index contributed by atoms with van der Waals surface area (Å²) in [7, 11) is 1.71. The van der Waals surface area contributed by atoms with E-state index in [4.69, 9.17) is 15.6 Å². The number of rotatable bonds is 8. The zero-order chi connectivity index (χ0) is 12.9. The number of methoxy groups -OCH3 is 1. The van der Waals surface area contributed by atoms with Crippen LogP contribution in [0.1, 0.15) is 39.5 Å². The van der Waals surface area contributed by atoms with E-state index in [0.29, 0.717) is 6.04 Å². The van der Waals surface area contributed by atoms with E-state index >= 15 is 0 Å². The van der Waals surface area contributed by atoms with Crippen molar-refractivity contribution in [1.29, 1.82) is 0 Å². The Labute approximate surface area is 105 Å². The van der Waals surface area contributed by atoms with Gasteiger partial charge < -0.3 is 15.6 Å². The molecular formula is C13H28N2O2. The third kappa shape index (κ3) is 4.21. The summed E-state index contributed by atoms with van der Waals surface area (Å²) in [6.45, 7) is 6.01. The first-order valence-electron chi connectivity index (χ1n) is 6.67. The van der Waals surface area contributed by atoms with Crippen molar-refractivity contribution in [1.82, 2.24) is 4.90 Å². The van der Waals surface area contributed by atoms with Gasteiger partial charge in [-0.05, 0) is 33.1 Å². The van der Waals surface area contributed by atoms with E-state index in [1.807, 2.05) is 13.8 Å².